The largest absolute Gasteiger partial charge is 0.391 e. The van der Waals surface area contributed by atoms with Crippen LogP contribution in [0.3, 0.4) is 0 Å². The topological polar surface area (TPSA) is 54.4 Å². The van der Waals surface area contributed by atoms with Gasteiger partial charge in [-0.05, 0) is 22.4 Å². The molecular formula is C8H13BrN2O2S. The molecule has 0 bridgehead atoms. The molecule has 2 N–H and O–H groups in total. The van der Waals surface area contributed by atoms with Gasteiger partial charge in [0.25, 0.3) is 0 Å². The molecule has 0 amide bonds. The van der Waals surface area contributed by atoms with Crippen LogP contribution in [0.4, 0.5) is 5.13 Å². The fourth-order valence-electron chi connectivity index (χ4n) is 0.957. The quantitative estimate of drug-likeness (QED) is 0.833. The van der Waals surface area contributed by atoms with Gasteiger partial charge >= 0.3 is 0 Å². The Balaban J connectivity index is 2.15. The Bertz CT molecular complexity index is 270. The zero-order chi connectivity index (χ0) is 10.4. The minimum Gasteiger partial charge on any atom is -0.391 e. The normalized spacial score (nSPS) is 12.8. The summed E-state index contributed by atoms with van der Waals surface area (Å²) in [5.41, 5.74) is 0. The molecule has 0 saturated heterocycles. The highest BCUT2D eigenvalue weighted by atomic mass is 79.9. The standard InChI is InChI=1S/C8H13BrN2O2S/c1-13-4-6(12)2-3-10-8-11-7(9)5-14-8/h5-6,12H,2-4H2,1H3,(H,10,11). The molecule has 0 saturated carbocycles. The molecule has 0 radical (unpaired) electrons. The molecule has 1 atom stereocenters. The number of aliphatic hydroxyl groups is 1. The van der Waals surface area contributed by atoms with Crippen molar-refractivity contribution >= 4 is 32.4 Å². The van der Waals surface area contributed by atoms with Crippen LogP contribution in [0.5, 0.6) is 0 Å². The van der Waals surface area contributed by atoms with E-state index in [1.807, 2.05) is 5.38 Å². The van der Waals surface area contributed by atoms with E-state index in [1.165, 1.54) is 11.3 Å². The smallest absolute Gasteiger partial charge is 0.183 e. The van der Waals surface area contributed by atoms with Gasteiger partial charge in [-0.15, -0.1) is 11.3 Å². The number of aliphatic hydroxyl groups excluding tert-OH is 1. The number of methoxy groups -OCH3 is 1. The summed E-state index contributed by atoms with van der Waals surface area (Å²) in [4.78, 5) is 4.16. The van der Waals surface area contributed by atoms with E-state index in [1.54, 1.807) is 7.11 Å². The molecule has 0 aliphatic heterocycles. The first-order chi connectivity index (χ1) is 6.72. The Morgan fingerprint density at radius 3 is 3.14 bits per heavy atom. The van der Waals surface area contributed by atoms with Crippen LogP contribution in [0.1, 0.15) is 6.42 Å². The van der Waals surface area contributed by atoms with Crippen molar-refractivity contribution < 1.29 is 9.84 Å². The molecule has 6 heteroatoms. The Hall–Kier alpha value is -0.170. The summed E-state index contributed by atoms with van der Waals surface area (Å²) in [5.74, 6) is 0. The first-order valence-electron chi connectivity index (χ1n) is 4.24. The highest BCUT2D eigenvalue weighted by molar-refractivity contribution is 9.10. The van der Waals surface area contributed by atoms with E-state index < -0.39 is 6.10 Å². The molecule has 14 heavy (non-hydrogen) atoms. The van der Waals surface area contributed by atoms with Crippen LogP contribution in [-0.2, 0) is 4.74 Å². The number of hydrogen-bond donors (Lipinski definition) is 2. The molecule has 80 valence electrons. The van der Waals surface area contributed by atoms with E-state index in [0.29, 0.717) is 19.6 Å². The first-order valence-corrected chi connectivity index (χ1v) is 5.91. The predicted octanol–water partition coefficient (Wildman–Crippen LogP) is 1.71. The number of thiazole rings is 1. The van der Waals surface area contributed by atoms with Crippen molar-refractivity contribution in [1.29, 1.82) is 0 Å². The second-order valence-electron chi connectivity index (χ2n) is 2.80. The van der Waals surface area contributed by atoms with Gasteiger partial charge in [-0.3, -0.25) is 0 Å². The number of anilines is 1. The Kier molecular flexibility index (Phi) is 5.39. The van der Waals surface area contributed by atoms with Crippen LogP contribution < -0.4 is 5.32 Å². The fraction of sp³-hybridized carbons (Fsp3) is 0.625. The van der Waals surface area contributed by atoms with Crippen molar-refractivity contribution in [3.8, 4) is 0 Å². The molecule has 1 rings (SSSR count). The van der Waals surface area contributed by atoms with Gasteiger partial charge < -0.3 is 15.2 Å². The van der Waals surface area contributed by atoms with Crippen LogP contribution in [0, 0.1) is 0 Å². The Morgan fingerprint density at radius 1 is 1.79 bits per heavy atom. The molecule has 0 aliphatic rings. The highest BCUT2D eigenvalue weighted by Gasteiger charge is 2.03. The maximum atomic E-state index is 9.34. The molecule has 1 aromatic heterocycles. The second kappa shape index (κ2) is 6.34. The summed E-state index contributed by atoms with van der Waals surface area (Å²) in [6.07, 6.45) is 0.251. The lowest BCUT2D eigenvalue weighted by atomic mass is 10.3. The summed E-state index contributed by atoms with van der Waals surface area (Å²) in [7, 11) is 1.58. The van der Waals surface area contributed by atoms with Gasteiger partial charge in [0.1, 0.15) is 4.60 Å². The minimum absolute atomic E-state index is 0.378. The maximum absolute atomic E-state index is 9.34. The van der Waals surface area contributed by atoms with Gasteiger partial charge in [0.15, 0.2) is 5.13 Å². The van der Waals surface area contributed by atoms with Gasteiger partial charge in [0.05, 0.1) is 12.7 Å². The molecule has 1 unspecified atom stereocenters. The van der Waals surface area contributed by atoms with Gasteiger partial charge in [-0.2, -0.15) is 0 Å². The van der Waals surface area contributed by atoms with Crippen molar-refractivity contribution in [3.63, 3.8) is 0 Å². The number of hydrogen-bond acceptors (Lipinski definition) is 5. The lowest BCUT2D eigenvalue weighted by Crippen LogP contribution is -2.18. The molecule has 0 aliphatic carbocycles. The predicted molar refractivity (Wildman–Crippen MR) is 60.8 cm³/mol. The third kappa shape index (κ3) is 4.36. The highest BCUT2D eigenvalue weighted by Crippen LogP contribution is 2.19. The molecule has 1 aromatic rings. The molecular weight excluding hydrogens is 268 g/mol. The van der Waals surface area contributed by atoms with Crippen molar-refractivity contribution in [2.24, 2.45) is 0 Å². The van der Waals surface area contributed by atoms with Gasteiger partial charge in [-0.1, -0.05) is 0 Å². The fourth-order valence-corrected chi connectivity index (χ4v) is 2.13. The molecule has 1 heterocycles. The summed E-state index contributed by atoms with van der Waals surface area (Å²) in [6, 6.07) is 0. The SMILES string of the molecule is COCC(O)CCNc1nc(Br)cs1. The molecule has 0 aromatic carbocycles. The van der Waals surface area contributed by atoms with E-state index in [9.17, 15) is 5.11 Å². The van der Waals surface area contributed by atoms with Crippen LogP contribution in [0.2, 0.25) is 0 Å². The summed E-state index contributed by atoms with van der Waals surface area (Å²) in [5, 5.41) is 15.2. The number of rotatable bonds is 6. The lowest BCUT2D eigenvalue weighted by molar-refractivity contribution is 0.0615. The van der Waals surface area contributed by atoms with Gasteiger partial charge in [0, 0.05) is 19.0 Å². The zero-order valence-electron chi connectivity index (χ0n) is 7.86. The number of nitrogens with zero attached hydrogens (tertiary/aromatic N) is 1. The average Bonchev–Trinajstić information content (AvgIpc) is 2.52. The maximum Gasteiger partial charge on any atom is 0.183 e. The van der Waals surface area contributed by atoms with E-state index in [-0.39, 0.29) is 0 Å². The first kappa shape index (κ1) is 11.9. The summed E-state index contributed by atoms with van der Waals surface area (Å²) in [6.45, 7) is 1.08. The van der Waals surface area contributed by atoms with E-state index in [2.05, 4.69) is 26.2 Å². The Labute approximate surface area is 95.4 Å². The van der Waals surface area contributed by atoms with Crippen molar-refractivity contribution in [1.82, 2.24) is 4.98 Å². The molecule has 4 nitrogen and oxygen atoms in total. The van der Waals surface area contributed by atoms with Crippen LogP contribution in [0.25, 0.3) is 0 Å². The zero-order valence-corrected chi connectivity index (χ0v) is 10.3. The van der Waals surface area contributed by atoms with Crippen LogP contribution >= 0.6 is 27.3 Å². The van der Waals surface area contributed by atoms with Crippen molar-refractivity contribution in [2.45, 2.75) is 12.5 Å². The lowest BCUT2D eigenvalue weighted by Gasteiger charge is -2.08. The minimum atomic E-state index is -0.407. The Morgan fingerprint density at radius 2 is 2.57 bits per heavy atom. The summed E-state index contributed by atoms with van der Waals surface area (Å²) < 4.78 is 5.65. The summed E-state index contributed by atoms with van der Waals surface area (Å²) >= 11 is 4.80. The van der Waals surface area contributed by atoms with Crippen LogP contribution in [0.15, 0.2) is 9.98 Å². The molecule has 0 spiro atoms. The monoisotopic (exact) mass is 280 g/mol. The van der Waals surface area contributed by atoms with Gasteiger partial charge in [0.2, 0.25) is 0 Å². The second-order valence-corrected chi connectivity index (χ2v) is 4.47. The number of nitrogens with one attached hydrogen (secondary N) is 1. The van der Waals surface area contributed by atoms with Crippen LogP contribution in [-0.4, -0.2) is 36.5 Å². The van der Waals surface area contributed by atoms with Crippen molar-refractivity contribution in [2.75, 3.05) is 25.6 Å². The number of aromatic nitrogens is 1. The average molecular weight is 281 g/mol. The van der Waals surface area contributed by atoms with E-state index >= 15 is 0 Å². The third-order valence-electron chi connectivity index (χ3n) is 1.59. The molecule has 0 fully saturated rings. The number of halogens is 1. The van der Waals surface area contributed by atoms with Gasteiger partial charge in [-0.25, -0.2) is 4.98 Å². The van der Waals surface area contributed by atoms with Crippen molar-refractivity contribution in [3.05, 3.63) is 9.98 Å². The third-order valence-corrected chi connectivity index (χ3v) is 3.10. The van der Waals surface area contributed by atoms with E-state index in [4.69, 9.17) is 4.74 Å². The van der Waals surface area contributed by atoms with E-state index in [0.717, 1.165) is 9.73 Å². The number of ether oxygens (including phenoxy) is 1.